The molecule has 0 aliphatic carbocycles. The average Bonchev–Trinajstić information content (AvgIpc) is 3.00. The second-order valence-corrected chi connectivity index (χ2v) is 8.60. The summed E-state index contributed by atoms with van der Waals surface area (Å²) in [5.74, 6) is 0.593. The minimum Gasteiger partial charge on any atom is -0.266 e. The van der Waals surface area contributed by atoms with E-state index in [0.717, 1.165) is 5.56 Å². The highest BCUT2D eigenvalue weighted by Gasteiger charge is 2.23. The second kappa shape index (κ2) is 7.09. The van der Waals surface area contributed by atoms with Gasteiger partial charge in [-0.05, 0) is 37.3 Å². The van der Waals surface area contributed by atoms with Gasteiger partial charge in [0.05, 0.1) is 4.90 Å². The number of aryl methyl sites for hydroxylation is 1. The van der Waals surface area contributed by atoms with E-state index in [0.29, 0.717) is 22.2 Å². The molecule has 0 unspecified atom stereocenters. The quantitative estimate of drug-likeness (QED) is 0.469. The van der Waals surface area contributed by atoms with Crippen molar-refractivity contribution in [2.75, 3.05) is 4.72 Å². The number of halogens is 2. The summed E-state index contributed by atoms with van der Waals surface area (Å²) in [6.07, 6.45) is 0. The largest absolute Gasteiger partial charge is 0.266 e. The number of benzene rings is 2. The number of anilines is 1. The first-order chi connectivity index (χ1) is 13.3. The molecule has 0 atom stereocenters. The molecule has 142 valence electrons. The lowest BCUT2D eigenvalue weighted by Crippen LogP contribution is -2.15. The minimum atomic E-state index is -3.88. The molecule has 0 amide bonds. The van der Waals surface area contributed by atoms with Gasteiger partial charge < -0.3 is 0 Å². The Morgan fingerprint density at radius 3 is 2.32 bits per heavy atom. The van der Waals surface area contributed by atoms with Crippen LogP contribution in [0.2, 0.25) is 10.2 Å². The molecule has 1 N–H and O–H groups in total. The smallest absolute Gasteiger partial charge is 0.263 e. The Morgan fingerprint density at radius 2 is 1.64 bits per heavy atom. The van der Waals surface area contributed by atoms with Gasteiger partial charge in [-0.2, -0.15) is 0 Å². The average molecular weight is 433 g/mol. The van der Waals surface area contributed by atoms with E-state index in [2.05, 4.69) is 14.7 Å². The summed E-state index contributed by atoms with van der Waals surface area (Å²) in [5, 5.41) is 0.732. The molecular formula is C19H14Cl2N4O2S. The molecule has 2 aromatic heterocycles. The second-order valence-electron chi connectivity index (χ2n) is 6.09. The molecule has 28 heavy (non-hydrogen) atoms. The Kier molecular flexibility index (Phi) is 4.74. The van der Waals surface area contributed by atoms with Crippen molar-refractivity contribution in [2.24, 2.45) is 0 Å². The molecule has 4 rings (SSSR count). The van der Waals surface area contributed by atoms with Crippen molar-refractivity contribution in [1.29, 1.82) is 0 Å². The molecule has 9 heteroatoms. The van der Waals surface area contributed by atoms with E-state index < -0.39 is 10.0 Å². The lowest BCUT2D eigenvalue weighted by Gasteiger charge is -2.11. The van der Waals surface area contributed by atoms with Crippen molar-refractivity contribution in [3.05, 3.63) is 76.5 Å². The Bertz CT molecular complexity index is 1270. The number of hydrogen-bond acceptors (Lipinski definition) is 4. The van der Waals surface area contributed by atoms with Gasteiger partial charge in [0.25, 0.3) is 10.0 Å². The van der Waals surface area contributed by atoms with Crippen LogP contribution in [-0.2, 0) is 10.0 Å². The maximum Gasteiger partial charge on any atom is 0.263 e. The summed E-state index contributed by atoms with van der Waals surface area (Å²) in [7, 11) is -3.88. The molecule has 0 spiro atoms. The summed E-state index contributed by atoms with van der Waals surface area (Å²) < 4.78 is 30.2. The zero-order valence-corrected chi connectivity index (χ0v) is 16.9. The molecule has 0 saturated carbocycles. The molecule has 0 radical (unpaired) electrons. The third kappa shape index (κ3) is 3.44. The Labute approximate surface area is 171 Å². The maximum absolute atomic E-state index is 13.0. The van der Waals surface area contributed by atoms with Gasteiger partial charge in [0.2, 0.25) is 5.78 Å². The summed E-state index contributed by atoms with van der Waals surface area (Å²) >= 11 is 11.9. The van der Waals surface area contributed by atoms with Crippen molar-refractivity contribution in [3.8, 4) is 11.3 Å². The van der Waals surface area contributed by atoms with Crippen LogP contribution in [0.5, 0.6) is 0 Å². The molecule has 4 aromatic rings. The van der Waals surface area contributed by atoms with Crippen LogP contribution in [0.25, 0.3) is 17.0 Å². The van der Waals surface area contributed by atoms with Crippen LogP contribution >= 0.6 is 23.2 Å². The fraction of sp³-hybridized carbons (Fsp3) is 0.0526. The summed E-state index contributed by atoms with van der Waals surface area (Å²) in [6.45, 7) is 1.80. The van der Waals surface area contributed by atoms with E-state index in [1.165, 1.54) is 24.3 Å². The predicted molar refractivity (Wildman–Crippen MR) is 110 cm³/mol. The molecule has 0 aliphatic heterocycles. The number of nitrogens with zero attached hydrogens (tertiary/aromatic N) is 3. The summed E-state index contributed by atoms with van der Waals surface area (Å²) in [6, 6.07) is 16.8. The molecule has 2 aromatic carbocycles. The highest BCUT2D eigenvalue weighted by Crippen LogP contribution is 2.31. The first kappa shape index (κ1) is 18.7. The fourth-order valence-electron chi connectivity index (χ4n) is 2.87. The molecule has 0 fully saturated rings. The van der Waals surface area contributed by atoms with Crippen molar-refractivity contribution >= 4 is 44.8 Å². The van der Waals surface area contributed by atoms with E-state index in [9.17, 15) is 8.42 Å². The lowest BCUT2D eigenvalue weighted by atomic mass is 10.1. The molecule has 0 aliphatic rings. The van der Waals surface area contributed by atoms with E-state index >= 15 is 0 Å². The number of hydrogen-bond donors (Lipinski definition) is 1. The normalized spacial score (nSPS) is 11.7. The van der Waals surface area contributed by atoms with Crippen molar-refractivity contribution < 1.29 is 8.42 Å². The van der Waals surface area contributed by atoms with Gasteiger partial charge in [0.15, 0.2) is 5.82 Å². The number of nitrogens with one attached hydrogen (secondary N) is 1. The molecule has 2 heterocycles. The van der Waals surface area contributed by atoms with Crippen LogP contribution in [0.4, 0.5) is 5.82 Å². The zero-order valence-electron chi connectivity index (χ0n) is 14.6. The Balaban J connectivity index is 1.93. The highest BCUT2D eigenvalue weighted by molar-refractivity contribution is 7.92. The van der Waals surface area contributed by atoms with E-state index in [1.54, 1.807) is 17.4 Å². The highest BCUT2D eigenvalue weighted by atomic mass is 35.5. The number of sulfonamides is 1. The summed E-state index contributed by atoms with van der Waals surface area (Å²) in [4.78, 5) is 8.83. The molecule has 0 bridgehead atoms. The number of imidazole rings is 1. The Morgan fingerprint density at radius 1 is 0.964 bits per heavy atom. The number of rotatable bonds is 4. The van der Waals surface area contributed by atoms with Gasteiger partial charge in [-0.3, -0.25) is 9.12 Å². The zero-order chi connectivity index (χ0) is 19.9. The van der Waals surface area contributed by atoms with Crippen molar-refractivity contribution in [2.45, 2.75) is 11.8 Å². The number of fused-ring (bicyclic) bond motifs is 1. The third-order valence-electron chi connectivity index (χ3n) is 4.15. The monoisotopic (exact) mass is 432 g/mol. The SMILES string of the molecule is Cc1cc(Cl)nc2nc(-c3ccccc3)c(NS(=O)(=O)c3ccc(Cl)cc3)n12. The fourth-order valence-corrected chi connectivity index (χ4v) is 4.29. The molecular weight excluding hydrogens is 419 g/mol. The van der Waals surface area contributed by atoms with Crippen LogP contribution in [0.15, 0.2) is 65.6 Å². The van der Waals surface area contributed by atoms with Crippen LogP contribution in [0.3, 0.4) is 0 Å². The van der Waals surface area contributed by atoms with Gasteiger partial charge in [-0.25, -0.2) is 18.4 Å². The minimum absolute atomic E-state index is 0.0884. The van der Waals surface area contributed by atoms with Crippen LogP contribution < -0.4 is 4.72 Å². The molecule has 0 saturated heterocycles. The first-order valence-electron chi connectivity index (χ1n) is 8.24. The topological polar surface area (TPSA) is 76.4 Å². The number of aromatic nitrogens is 3. The van der Waals surface area contributed by atoms with E-state index in [-0.39, 0.29) is 15.9 Å². The van der Waals surface area contributed by atoms with Crippen molar-refractivity contribution in [1.82, 2.24) is 14.4 Å². The van der Waals surface area contributed by atoms with Gasteiger partial charge in [0.1, 0.15) is 10.8 Å². The van der Waals surface area contributed by atoms with Crippen LogP contribution in [0.1, 0.15) is 5.69 Å². The maximum atomic E-state index is 13.0. The van der Waals surface area contributed by atoms with Crippen LogP contribution in [-0.4, -0.2) is 22.8 Å². The summed E-state index contributed by atoms with van der Waals surface area (Å²) in [5.41, 5.74) is 1.90. The van der Waals surface area contributed by atoms with Gasteiger partial charge in [-0.1, -0.05) is 53.5 Å². The van der Waals surface area contributed by atoms with Gasteiger partial charge in [0, 0.05) is 16.3 Å². The third-order valence-corrected chi connectivity index (χ3v) is 5.95. The van der Waals surface area contributed by atoms with E-state index in [1.807, 2.05) is 30.3 Å². The lowest BCUT2D eigenvalue weighted by molar-refractivity contribution is 0.601. The van der Waals surface area contributed by atoms with Gasteiger partial charge in [-0.15, -0.1) is 0 Å². The molecule has 6 nitrogen and oxygen atoms in total. The predicted octanol–water partition coefficient (Wildman–Crippen LogP) is 4.81. The van der Waals surface area contributed by atoms with Gasteiger partial charge >= 0.3 is 0 Å². The Hall–Kier alpha value is -2.61. The first-order valence-corrected chi connectivity index (χ1v) is 10.5. The standard InChI is InChI=1S/C19H14Cl2N4O2S/c1-12-11-16(21)22-19-23-17(13-5-3-2-4-6-13)18(25(12)19)24-28(26,27)15-9-7-14(20)8-10-15/h2-11,24H,1H3. The van der Waals surface area contributed by atoms with Crippen molar-refractivity contribution in [3.63, 3.8) is 0 Å². The van der Waals surface area contributed by atoms with E-state index in [4.69, 9.17) is 23.2 Å². The van der Waals surface area contributed by atoms with Crippen LogP contribution in [0, 0.1) is 6.92 Å².